The van der Waals surface area contributed by atoms with E-state index in [4.69, 9.17) is 5.73 Å². The second kappa shape index (κ2) is 8.82. The number of carbonyl (C=O) groups excluding carboxylic acids is 2. The minimum absolute atomic E-state index is 0.0380. The van der Waals surface area contributed by atoms with Crippen LogP contribution in [0.5, 0.6) is 0 Å². The van der Waals surface area contributed by atoms with Crippen molar-refractivity contribution >= 4 is 11.8 Å². The molecule has 1 aliphatic rings. The van der Waals surface area contributed by atoms with Crippen molar-refractivity contribution in [3.8, 4) is 0 Å². The lowest BCUT2D eigenvalue weighted by molar-refractivity contribution is -0.132. The summed E-state index contributed by atoms with van der Waals surface area (Å²) in [6, 6.07) is 17.1. The number of carbonyl (C=O) groups is 2. The van der Waals surface area contributed by atoms with Crippen LogP contribution in [-0.4, -0.2) is 35.8 Å². The number of nitrogens with two attached hydrogens (primary N) is 1. The molecule has 0 spiro atoms. The Kier molecular flexibility index (Phi) is 6.24. The van der Waals surface area contributed by atoms with Gasteiger partial charge in [0, 0.05) is 37.2 Å². The van der Waals surface area contributed by atoms with E-state index in [-0.39, 0.29) is 23.9 Å². The van der Waals surface area contributed by atoms with E-state index in [0.717, 1.165) is 24.0 Å². The smallest absolute Gasteiger partial charge is 0.251 e. The predicted octanol–water partition coefficient (Wildman–Crippen LogP) is 2.81. The second-order valence-electron chi connectivity index (χ2n) is 7.16. The number of hydrogen-bond donors (Lipinski definition) is 2. The average molecular weight is 365 g/mol. The van der Waals surface area contributed by atoms with Gasteiger partial charge in [-0.1, -0.05) is 48.5 Å². The first-order valence-corrected chi connectivity index (χ1v) is 9.49. The summed E-state index contributed by atoms with van der Waals surface area (Å²) in [5.41, 5.74) is 8.83. The lowest BCUT2D eigenvalue weighted by Gasteiger charge is -2.33. The Balaban J connectivity index is 1.48. The lowest BCUT2D eigenvalue weighted by atomic mass is 10.0. The number of likely N-dealkylation sites (tertiary alicyclic amines) is 1. The van der Waals surface area contributed by atoms with Crippen LogP contribution < -0.4 is 11.1 Å². The van der Waals surface area contributed by atoms with Gasteiger partial charge < -0.3 is 16.0 Å². The summed E-state index contributed by atoms with van der Waals surface area (Å²) < 4.78 is 0. The zero-order chi connectivity index (χ0) is 19.2. The third-order valence-electron chi connectivity index (χ3n) is 5.19. The first-order chi connectivity index (χ1) is 13.0. The Morgan fingerprint density at radius 1 is 1.07 bits per heavy atom. The van der Waals surface area contributed by atoms with Gasteiger partial charge in [0.15, 0.2) is 0 Å². The molecule has 5 nitrogen and oxygen atoms in total. The molecule has 3 rings (SSSR count). The van der Waals surface area contributed by atoms with Crippen molar-refractivity contribution < 1.29 is 9.59 Å². The van der Waals surface area contributed by atoms with Gasteiger partial charge in [0.1, 0.15) is 0 Å². The number of hydrogen-bond acceptors (Lipinski definition) is 3. The first kappa shape index (κ1) is 19.1. The highest BCUT2D eigenvalue weighted by Gasteiger charge is 2.25. The highest BCUT2D eigenvalue weighted by atomic mass is 16.2. The molecule has 5 heteroatoms. The van der Waals surface area contributed by atoms with Crippen LogP contribution in [0.3, 0.4) is 0 Å². The maximum absolute atomic E-state index is 12.5. The van der Waals surface area contributed by atoms with Gasteiger partial charge in [-0.05, 0) is 37.0 Å². The second-order valence-corrected chi connectivity index (χ2v) is 7.16. The summed E-state index contributed by atoms with van der Waals surface area (Å²) in [5.74, 6) is 0.0407. The van der Waals surface area contributed by atoms with Crippen molar-refractivity contribution in [2.24, 2.45) is 5.73 Å². The molecule has 142 valence electrons. The molecule has 0 radical (unpaired) electrons. The minimum Gasteiger partial charge on any atom is -0.349 e. The Labute approximate surface area is 160 Å². The molecule has 0 saturated carbocycles. The molecule has 1 aliphatic heterocycles. The van der Waals surface area contributed by atoms with E-state index in [0.29, 0.717) is 25.1 Å². The fourth-order valence-electron chi connectivity index (χ4n) is 3.50. The molecule has 3 N–H and O–H groups in total. The maximum atomic E-state index is 12.5. The molecule has 0 aromatic heterocycles. The van der Waals surface area contributed by atoms with E-state index in [2.05, 4.69) is 5.32 Å². The van der Waals surface area contributed by atoms with Crippen LogP contribution in [-0.2, 0) is 4.79 Å². The predicted molar refractivity (Wildman–Crippen MR) is 106 cm³/mol. The summed E-state index contributed by atoms with van der Waals surface area (Å²) in [7, 11) is 0. The van der Waals surface area contributed by atoms with E-state index in [1.54, 1.807) is 0 Å². The Morgan fingerprint density at radius 3 is 2.37 bits per heavy atom. The van der Waals surface area contributed by atoms with E-state index >= 15 is 0 Å². The molecule has 2 aromatic rings. The highest BCUT2D eigenvalue weighted by molar-refractivity contribution is 5.95. The van der Waals surface area contributed by atoms with Crippen LogP contribution in [0.25, 0.3) is 0 Å². The van der Waals surface area contributed by atoms with Crippen molar-refractivity contribution in [3.05, 3.63) is 71.3 Å². The van der Waals surface area contributed by atoms with E-state index in [9.17, 15) is 9.59 Å². The highest BCUT2D eigenvalue weighted by Crippen LogP contribution is 2.18. The van der Waals surface area contributed by atoms with Crippen LogP contribution in [0.2, 0.25) is 0 Å². The number of nitrogens with zero attached hydrogens (tertiary/aromatic N) is 1. The van der Waals surface area contributed by atoms with Crippen LogP contribution in [0.15, 0.2) is 54.6 Å². The molecule has 2 aromatic carbocycles. The summed E-state index contributed by atoms with van der Waals surface area (Å²) >= 11 is 0. The first-order valence-electron chi connectivity index (χ1n) is 9.49. The Hall–Kier alpha value is -2.66. The number of amides is 2. The molecule has 0 aliphatic carbocycles. The fourth-order valence-corrected chi connectivity index (χ4v) is 3.50. The quantitative estimate of drug-likeness (QED) is 0.855. The van der Waals surface area contributed by atoms with Gasteiger partial charge in [0.25, 0.3) is 5.91 Å². The normalized spacial score (nSPS) is 16.0. The third kappa shape index (κ3) is 4.95. The summed E-state index contributed by atoms with van der Waals surface area (Å²) in [6.07, 6.45) is 1.85. The van der Waals surface area contributed by atoms with E-state index in [1.165, 1.54) is 0 Å². The summed E-state index contributed by atoms with van der Waals surface area (Å²) in [4.78, 5) is 26.8. The molecule has 27 heavy (non-hydrogen) atoms. The van der Waals surface area contributed by atoms with Crippen molar-refractivity contribution in [1.29, 1.82) is 0 Å². The van der Waals surface area contributed by atoms with Gasteiger partial charge >= 0.3 is 0 Å². The lowest BCUT2D eigenvalue weighted by Crippen LogP contribution is -2.47. The Morgan fingerprint density at radius 2 is 1.70 bits per heavy atom. The summed E-state index contributed by atoms with van der Waals surface area (Å²) in [6.45, 7) is 3.24. The number of benzene rings is 2. The number of rotatable bonds is 5. The van der Waals surface area contributed by atoms with Crippen molar-refractivity contribution in [3.63, 3.8) is 0 Å². The van der Waals surface area contributed by atoms with Gasteiger partial charge in [0.2, 0.25) is 5.91 Å². The molecule has 2 amide bonds. The summed E-state index contributed by atoms with van der Waals surface area (Å²) in [5, 5.41) is 3.10. The molecule has 0 bridgehead atoms. The monoisotopic (exact) mass is 365 g/mol. The SMILES string of the molecule is Cc1ccccc1C(=O)NC1CCN(C(=O)CC(N)c2ccccc2)CC1. The zero-order valence-corrected chi connectivity index (χ0v) is 15.7. The molecule has 1 atom stereocenters. The number of nitrogens with one attached hydrogen (secondary N) is 1. The molecular formula is C22H27N3O2. The maximum Gasteiger partial charge on any atom is 0.251 e. The Bertz CT molecular complexity index is 783. The molecule has 1 heterocycles. The molecule has 1 saturated heterocycles. The number of piperidine rings is 1. The van der Waals surface area contributed by atoms with Crippen LogP contribution in [0.4, 0.5) is 0 Å². The van der Waals surface area contributed by atoms with Crippen LogP contribution in [0, 0.1) is 6.92 Å². The van der Waals surface area contributed by atoms with Gasteiger partial charge in [-0.3, -0.25) is 9.59 Å². The van der Waals surface area contributed by atoms with Crippen molar-refractivity contribution in [2.45, 2.75) is 38.3 Å². The largest absolute Gasteiger partial charge is 0.349 e. The van der Waals surface area contributed by atoms with Crippen LogP contribution in [0.1, 0.15) is 46.8 Å². The van der Waals surface area contributed by atoms with Crippen LogP contribution >= 0.6 is 0 Å². The van der Waals surface area contributed by atoms with Gasteiger partial charge in [-0.25, -0.2) is 0 Å². The van der Waals surface area contributed by atoms with Crippen molar-refractivity contribution in [1.82, 2.24) is 10.2 Å². The van der Waals surface area contributed by atoms with Gasteiger partial charge in [0.05, 0.1) is 0 Å². The van der Waals surface area contributed by atoms with Gasteiger partial charge in [-0.15, -0.1) is 0 Å². The third-order valence-corrected chi connectivity index (χ3v) is 5.19. The van der Waals surface area contributed by atoms with E-state index < -0.39 is 0 Å². The van der Waals surface area contributed by atoms with E-state index in [1.807, 2.05) is 66.4 Å². The number of aryl methyl sites for hydroxylation is 1. The molecular weight excluding hydrogens is 338 g/mol. The molecule has 1 unspecified atom stereocenters. The topological polar surface area (TPSA) is 75.4 Å². The minimum atomic E-state index is -0.280. The average Bonchev–Trinajstić information content (AvgIpc) is 2.69. The van der Waals surface area contributed by atoms with Gasteiger partial charge in [-0.2, -0.15) is 0 Å². The molecule has 1 fully saturated rings. The zero-order valence-electron chi connectivity index (χ0n) is 15.7. The standard InChI is InChI=1S/C22H27N3O2/c1-16-7-5-6-10-19(16)22(27)24-18-11-13-25(14-12-18)21(26)15-20(23)17-8-3-2-4-9-17/h2-10,18,20H,11-15,23H2,1H3,(H,24,27). The fraction of sp³-hybridized carbons (Fsp3) is 0.364. The van der Waals surface area contributed by atoms with Crippen molar-refractivity contribution in [2.75, 3.05) is 13.1 Å².